The zero-order valence-electron chi connectivity index (χ0n) is 10.3. The zero-order chi connectivity index (χ0) is 12.8. The van der Waals surface area contributed by atoms with Crippen molar-refractivity contribution in [3.05, 3.63) is 32.8 Å². The van der Waals surface area contributed by atoms with Crippen LogP contribution in [-0.4, -0.2) is 23.3 Å². The van der Waals surface area contributed by atoms with Gasteiger partial charge in [0.2, 0.25) is 0 Å². The van der Waals surface area contributed by atoms with Crippen molar-refractivity contribution in [2.75, 3.05) is 13.1 Å². The zero-order valence-corrected chi connectivity index (χ0v) is 13.3. The van der Waals surface area contributed by atoms with Gasteiger partial charge in [0, 0.05) is 22.1 Å². The molecule has 0 saturated heterocycles. The molecule has 0 radical (unpaired) electrons. The average molecular weight is 373 g/mol. The Bertz CT molecular complexity index is 481. The Hall–Kier alpha value is -0.530. The predicted molar refractivity (Wildman–Crippen MR) is 84.9 cm³/mol. The third kappa shape index (κ3) is 4.00. The Kier molecular flexibility index (Phi) is 5.52. The monoisotopic (exact) mass is 373 g/mol. The van der Waals surface area contributed by atoms with Crippen molar-refractivity contribution in [2.45, 2.75) is 19.8 Å². The average Bonchev–Trinajstić information content (AvgIpc) is 2.84. The number of hydrogen-bond donors (Lipinski definition) is 1. The van der Waals surface area contributed by atoms with E-state index in [9.17, 15) is 0 Å². The fourth-order valence-electron chi connectivity index (χ4n) is 1.56. The smallest absolute Gasteiger partial charge is 0.147 e. The molecule has 0 unspecified atom stereocenters. The molecule has 3 nitrogen and oxygen atoms in total. The van der Waals surface area contributed by atoms with Crippen LogP contribution in [0.5, 0.6) is 0 Å². The van der Waals surface area contributed by atoms with E-state index in [1.165, 1.54) is 9.99 Å². The highest BCUT2D eigenvalue weighted by Crippen LogP contribution is 2.24. The predicted octanol–water partition coefficient (Wildman–Crippen LogP) is 3.35. The standard InChI is InChI=1S/C13H16IN3S/c1-2-8-15-9-7-12-16-17-13(18-12)10-3-5-11(14)6-4-10/h3-6,15H,2,7-9H2,1H3. The van der Waals surface area contributed by atoms with Crippen molar-refractivity contribution in [3.8, 4) is 10.6 Å². The molecule has 0 amide bonds. The van der Waals surface area contributed by atoms with E-state index >= 15 is 0 Å². The molecule has 1 heterocycles. The maximum atomic E-state index is 4.25. The van der Waals surface area contributed by atoms with Crippen LogP contribution in [0.3, 0.4) is 0 Å². The molecule has 1 aromatic carbocycles. The van der Waals surface area contributed by atoms with Crippen molar-refractivity contribution < 1.29 is 0 Å². The van der Waals surface area contributed by atoms with Crippen LogP contribution in [0.15, 0.2) is 24.3 Å². The van der Waals surface area contributed by atoms with E-state index in [0.29, 0.717) is 0 Å². The van der Waals surface area contributed by atoms with Gasteiger partial charge in [-0.15, -0.1) is 10.2 Å². The highest BCUT2D eigenvalue weighted by Gasteiger charge is 2.06. The fraction of sp³-hybridized carbons (Fsp3) is 0.385. The SMILES string of the molecule is CCCNCCc1nnc(-c2ccc(I)cc2)s1. The molecule has 5 heteroatoms. The first-order valence-electron chi connectivity index (χ1n) is 6.08. The molecule has 96 valence electrons. The summed E-state index contributed by atoms with van der Waals surface area (Å²) in [6.45, 7) is 4.23. The van der Waals surface area contributed by atoms with Gasteiger partial charge in [-0.1, -0.05) is 30.4 Å². The molecule has 0 aliphatic rings. The molecule has 0 fully saturated rings. The molecule has 0 saturated carbocycles. The van der Waals surface area contributed by atoms with E-state index in [0.717, 1.165) is 35.1 Å². The third-order valence-corrected chi connectivity index (χ3v) is 4.25. The Morgan fingerprint density at radius 1 is 1.17 bits per heavy atom. The number of benzene rings is 1. The molecular weight excluding hydrogens is 357 g/mol. The number of hydrogen-bond acceptors (Lipinski definition) is 4. The minimum absolute atomic E-state index is 0.960. The second-order valence-corrected chi connectivity index (χ2v) is 6.32. The first-order valence-corrected chi connectivity index (χ1v) is 7.98. The number of nitrogens with one attached hydrogen (secondary N) is 1. The van der Waals surface area contributed by atoms with Crippen LogP contribution >= 0.6 is 33.9 Å². The number of halogens is 1. The van der Waals surface area contributed by atoms with Crippen LogP contribution in [-0.2, 0) is 6.42 Å². The Morgan fingerprint density at radius 2 is 1.94 bits per heavy atom. The lowest BCUT2D eigenvalue weighted by molar-refractivity contribution is 0.668. The lowest BCUT2D eigenvalue weighted by Gasteiger charge is -1.98. The third-order valence-electron chi connectivity index (χ3n) is 2.50. The first-order chi connectivity index (χ1) is 8.79. The van der Waals surface area contributed by atoms with Crippen molar-refractivity contribution in [1.29, 1.82) is 0 Å². The first kappa shape index (κ1) is 13.9. The summed E-state index contributed by atoms with van der Waals surface area (Å²) < 4.78 is 1.24. The Balaban J connectivity index is 1.95. The number of nitrogens with zero attached hydrogens (tertiary/aromatic N) is 2. The van der Waals surface area contributed by atoms with Gasteiger partial charge in [0.25, 0.3) is 0 Å². The highest BCUT2D eigenvalue weighted by atomic mass is 127. The summed E-state index contributed by atoms with van der Waals surface area (Å²) >= 11 is 3.99. The molecule has 0 bridgehead atoms. The molecule has 18 heavy (non-hydrogen) atoms. The van der Waals surface area contributed by atoms with Crippen molar-refractivity contribution in [2.24, 2.45) is 0 Å². The van der Waals surface area contributed by atoms with E-state index in [4.69, 9.17) is 0 Å². The molecule has 0 atom stereocenters. The van der Waals surface area contributed by atoms with Gasteiger partial charge in [0.05, 0.1) is 0 Å². The van der Waals surface area contributed by atoms with Crippen LogP contribution in [0.1, 0.15) is 18.4 Å². The summed E-state index contributed by atoms with van der Waals surface area (Å²) in [5.41, 5.74) is 1.15. The van der Waals surface area contributed by atoms with Crippen LogP contribution in [0, 0.1) is 3.57 Å². The lowest BCUT2D eigenvalue weighted by atomic mass is 10.2. The van der Waals surface area contributed by atoms with E-state index < -0.39 is 0 Å². The highest BCUT2D eigenvalue weighted by molar-refractivity contribution is 14.1. The lowest BCUT2D eigenvalue weighted by Crippen LogP contribution is -2.17. The van der Waals surface area contributed by atoms with Gasteiger partial charge in [-0.3, -0.25) is 0 Å². The molecule has 1 aromatic heterocycles. The second-order valence-electron chi connectivity index (χ2n) is 4.01. The second kappa shape index (κ2) is 7.16. The summed E-state index contributed by atoms with van der Waals surface area (Å²) in [6, 6.07) is 8.39. The Labute approximate surface area is 125 Å². The molecule has 2 aromatic rings. The van der Waals surface area contributed by atoms with Crippen LogP contribution in [0.4, 0.5) is 0 Å². The van der Waals surface area contributed by atoms with Gasteiger partial charge in [0.1, 0.15) is 10.0 Å². The number of rotatable bonds is 6. The van der Waals surface area contributed by atoms with Gasteiger partial charge < -0.3 is 5.32 Å². The summed E-state index contributed by atoms with van der Waals surface area (Å²) in [5, 5.41) is 14.0. The maximum absolute atomic E-state index is 4.25. The summed E-state index contributed by atoms with van der Waals surface area (Å²) in [4.78, 5) is 0. The van der Waals surface area contributed by atoms with E-state index in [1.54, 1.807) is 11.3 Å². The van der Waals surface area contributed by atoms with Crippen LogP contribution < -0.4 is 5.32 Å². The molecule has 0 spiro atoms. The van der Waals surface area contributed by atoms with E-state index in [1.807, 2.05) is 0 Å². The van der Waals surface area contributed by atoms with Gasteiger partial charge >= 0.3 is 0 Å². The maximum Gasteiger partial charge on any atom is 0.147 e. The molecule has 2 rings (SSSR count). The number of aromatic nitrogens is 2. The molecule has 0 aliphatic heterocycles. The van der Waals surface area contributed by atoms with Gasteiger partial charge in [-0.25, -0.2) is 0 Å². The van der Waals surface area contributed by atoms with Crippen molar-refractivity contribution in [1.82, 2.24) is 15.5 Å². The fourth-order valence-corrected chi connectivity index (χ4v) is 2.76. The van der Waals surface area contributed by atoms with Crippen molar-refractivity contribution >= 4 is 33.9 Å². The van der Waals surface area contributed by atoms with Crippen molar-refractivity contribution in [3.63, 3.8) is 0 Å². The minimum atomic E-state index is 0.960. The summed E-state index contributed by atoms with van der Waals surface area (Å²) in [6.07, 6.45) is 2.13. The molecular formula is C13H16IN3S. The Morgan fingerprint density at radius 3 is 2.67 bits per heavy atom. The largest absolute Gasteiger partial charge is 0.316 e. The van der Waals surface area contributed by atoms with E-state index in [2.05, 4.69) is 69.3 Å². The summed E-state index contributed by atoms with van der Waals surface area (Å²) in [5.74, 6) is 0. The van der Waals surface area contributed by atoms with E-state index in [-0.39, 0.29) is 0 Å². The summed E-state index contributed by atoms with van der Waals surface area (Å²) in [7, 11) is 0. The molecule has 1 N–H and O–H groups in total. The van der Waals surface area contributed by atoms with Gasteiger partial charge in [-0.2, -0.15) is 0 Å². The van der Waals surface area contributed by atoms with Gasteiger partial charge in [0.15, 0.2) is 0 Å². The van der Waals surface area contributed by atoms with Crippen LogP contribution in [0.2, 0.25) is 0 Å². The minimum Gasteiger partial charge on any atom is -0.316 e. The van der Waals surface area contributed by atoms with Crippen LogP contribution in [0.25, 0.3) is 10.6 Å². The quantitative estimate of drug-likeness (QED) is 0.624. The topological polar surface area (TPSA) is 37.8 Å². The molecule has 0 aliphatic carbocycles. The van der Waals surface area contributed by atoms with Gasteiger partial charge in [-0.05, 0) is 47.7 Å². The normalized spacial score (nSPS) is 10.8.